The highest BCUT2D eigenvalue weighted by molar-refractivity contribution is 7.19. The number of pyridine rings is 1. The summed E-state index contributed by atoms with van der Waals surface area (Å²) >= 11 is 1.24. The zero-order valence-corrected chi connectivity index (χ0v) is 24.3. The molecule has 1 fully saturated rings. The topological polar surface area (TPSA) is 125 Å². The van der Waals surface area contributed by atoms with Gasteiger partial charge in [0.15, 0.2) is 0 Å². The van der Waals surface area contributed by atoms with Crippen LogP contribution in [0.25, 0.3) is 4.83 Å². The molecule has 6 rings (SSSR count). The van der Waals surface area contributed by atoms with Gasteiger partial charge in [-0.1, -0.05) is 12.1 Å². The van der Waals surface area contributed by atoms with Crippen LogP contribution in [-0.4, -0.2) is 66.3 Å². The fourth-order valence-electron chi connectivity index (χ4n) is 5.19. The highest BCUT2D eigenvalue weighted by Gasteiger charge is 2.24. The number of aryl methyl sites for hydroxylation is 1. The lowest BCUT2D eigenvalue weighted by molar-refractivity contribution is 0.0701. The number of fused-ring (bicyclic) bond motifs is 1. The van der Waals surface area contributed by atoms with Crippen molar-refractivity contribution >= 4 is 28.0 Å². The van der Waals surface area contributed by atoms with Crippen molar-refractivity contribution < 1.29 is 19.0 Å². The number of nitriles is 1. The van der Waals surface area contributed by atoms with E-state index in [-0.39, 0.29) is 17.0 Å². The average molecular weight is 601 g/mol. The standard InChI is InChI=1S/C30H29FN8O3S/c1-2-37-19-33-15-22(37)13-23-25(35-39-17-26(30(40)41)43-29(23)39)16-36-8-10-38(11-9-36)27-4-3-5-28(34-27)42-18-21-7-6-20(14-32)12-24(21)31/h3-7,12,15,17,19H,2,8-11,13,16,18H2,1H3,(H,40,41). The number of benzene rings is 1. The summed E-state index contributed by atoms with van der Waals surface area (Å²) in [5.74, 6) is -0.249. The molecule has 0 saturated carbocycles. The number of ether oxygens (including phenoxy) is 1. The van der Waals surface area contributed by atoms with Crippen LogP contribution >= 0.6 is 11.3 Å². The molecule has 0 spiro atoms. The lowest BCUT2D eigenvalue weighted by Crippen LogP contribution is -2.46. The molecule has 0 radical (unpaired) electrons. The zero-order valence-electron chi connectivity index (χ0n) is 23.5. The predicted octanol–water partition coefficient (Wildman–Crippen LogP) is 4.21. The van der Waals surface area contributed by atoms with Crippen LogP contribution in [0.1, 0.15) is 44.7 Å². The van der Waals surface area contributed by atoms with E-state index in [1.807, 2.05) is 30.7 Å². The van der Waals surface area contributed by atoms with E-state index in [2.05, 4.69) is 31.3 Å². The number of thiazole rings is 1. The first-order valence-corrected chi connectivity index (χ1v) is 14.7. The first-order chi connectivity index (χ1) is 20.9. The van der Waals surface area contributed by atoms with E-state index in [1.54, 1.807) is 28.9 Å². The number of hydrogen-bond acceptors (Lipinski definition) is 9. The number of imidazole rings is 1. The van der Waals surface area contributed by atoms with E-state index < -0.39 is 11.8 Å². The molecule has 0 atom stereocenters. The molecule has 5 heterocycles. The van der Waals surface area contributed by atoms with Crippen molar-refractivity contribution in [2.75, 3.05) is 31.1 Å². The minimum atomic E-state index is -0.956. The first-order valence-electron chi connectivity index (χ1n) is 13.9. The van der Waals surface area contributed by atoms with Crippen molar-refractivity contribution in [2.24, 2.45) is 0 Å². The molecule has 0 unspecified atom stereocenters. The Morgan fingerprint density at radius 3 is 2.79 bits per heavy atom. The molecule has 13 heteroatoms. The van der Waals surface area contributed by atoms with E-state index in [0.717, 1.165) is 60.3 Å². The van der Waals surface area contributed by atoms with Crippen LogP contribution in [0, 0.1) is 17.1 Å². The Morgan fingerprint density at radius 2 is 2.05 bits per heavy atom. The summed E-state index contributed by atoms with van der Waals surface area (Å²) in [6.07, 6.45) is 5.87. The summed E-state index contributed by atoms with van der Waals surface area (Å²) in [5, 5.41) is 23.3. The van der Waals surface area contributed by atoms with Crippen molar-refractivity contribution in [3.05, 3.63) is 93.9 Å². The Balaban J connectivity index is 1.12. The molecule has 220 valence electrons. The Labute approximate surface area is 251 Å². The van der Waals surface area contributed by atoms with Gasteiger partial charge < -0.3 is 19.3 Å². The molecule has 1 aliphatic rings. The second-order valence-electron chi connectivity index (χ2n) is 10.2. The fraction of sp³-hybridized carbons (Fsp3) is 0.300. The molecular weight excluding hydrogens is 571 g/mol. The highest BCUT2D eigenvalue weighted by atomic mass is 32.1. The van der Waals surface area contributed by atoms with Gasteiger partial charge in [-0.25, -0.2) is 18.7 Å². The maximum Gasteiger partial charge on any atom is 0.347 e. The minimum Gasteiger partial charge on any atom is -0.477 e. The van der Waals surface area contributed by atoms with Crippen molar-refractivity contribution in [2.45, 2.75) is 33.0 Å². The Bertz CT molecular complexity index is 1820. The summed E-state index contributed by atoms with van der Waals surface area (Å²) in [5.41, 5.74) is 3.64. The van der Waals surface area contributed by atoms with Gasteiger partial charge in [-0.15, -0.1) is 11.3 Å². The monoisotopic (exact) mass is 600 g/mol. The van der Waals surface area contributed by atoms with Crippen molar-refractivity contribution in [3.63, 3.8) is 0 Å². The van der Waals surface area contributed by atoms with Crippen LogP contribution in [0.3, 0.4) is 0 Å². The number of anilines is 1. The summed E-state index contributed by atoms with van der Waals surface area (Å²) in [6.45, 7) is 6.62. The fourth-order valence-corrected chi connectivity index (χ4v) is 6.14. The number of rotatable bonds is 10. The van der Waals surface area contributed by atoms with E-state index in [1.165, 1.54) is 17.4 Å². The van der Waals surface area contributed by atoms with Crippen molar-refractivity contribution in [3.8, 4) is 11.9 Å². The van der Waals surface area contributed by atoms with Crippen LogP contribution in [0.2, 0.25) is 0 Å². The number of carbonyl (C=O) groups is 1. The van der Waals surface area contributed by atoms with Gasteiger partial charge in [-0.3, -0.25) is 4.90 Å². The molecule has 0 amide bonds. The second kappa shape index (κ2) is 12.2. The van der Waals surface area contributed by atoms with Crippen molar-refractivity contribution in [1.82, 2.24) is 29.0 Å². The van der Waals surface area contributed by atoms with Gasteiger partial charge in [-0.05, 0) is 25.1 Å². The quantitative estimate of drug-likeness (QED) is 0.251. The van der Waals surface area contributed by atoms with Gasteiger partial charge in [-0.2, -0.15) is 15.3 Å². The highest BCUT2D eigenvalue weighted by Crippen LogP contribution is 2.28. The Morgan fingerprint density at radius 1 is 1.21 bits per heavy atom. The maximum absolute atomic E-state index is 14.3. The van der Waals surface area contributed by atoms with E-state index >= 15 is 0 Å². The lowest BCUT2D eigenvalue weighted by Gasteiger charge is -2.35. The molecule has 43 heavy (non-hydrogen) atoms. The summed E-state index contributed by atoms with van der Waals surface area (Å²) in [4.78, 5) is 26.2. The molecule has 1 aliphatic heterocycles. The average Bonchev–Trinajstić information content (AvgIpc) is 3.73. The zero-order chi connectivity index (χ0) is 29.9. The molecule has 11 nitrogen and oxygen atoms in total. The minimum absolute atomic E-state index is 0.0131. The normalized spacial score (nSPS) is 13.8. The summed E-state index contributed by atoms with van der Waals surface area (Å²) in [6, 6.07) is 11.8. The number of halogens is 1. The van der Waals surface area contributed by atoms with Gasteiger partial charge in [0.05, 0.1) is 29.9 Å². The summed E-state index contributed by atoms with van der Waals surface area (Å²) in [7, 11) is 0. The maximum atomic E-state index is 14.3. The van der Waals surface area contributed by atoms with E-state index in [9.17, 15) is 14.3 Å². The number of aromatic nitrogens is 5. The van der Waals surface area contributed by atoms with Gasteiger partial charge in [0.25, 0.3) is 0 Å². The van der Waals surface area contributed by atoms with Crippen LogP contribution in [0.5, 0.6) is 5.88 Å². The van der Waals surface area contributed by atoms with Crippen LogP contribution < -0.4 is 9.64 Å². The van der Waals surface area contributed by atoms with Crippen LogP contribution in [0.15, 0.2) is 55.1 Å². The first kappa shape index (κ1) is 28.3. The van der Waals surface area contributed by atoms with Gasteiger partial charge in [0.1, 0.15) is 27.9 Å². The molecule has 1 N–H and O–H groups in total. The molecular formula is C30H29FN8O3S. The van der Waals surface area contributed by atoms with Crippen LogP contribution in [-0.2, 0) is 26.1 Å². The molecule has 1 saturated heterocycles. The Hall–Kier alpha value is -4.80. The number of piperazine rings is 1. The third-order valence-corrected chi connectivity index (χ3v) is 8.66. The van der Waals surface area contributed by atoms with Gasteiger partial charge >= 0.3 is 5.97 Å². The molecule has 5 aromatic rings. The second-order valence-corrected chi connectivity index (χ2v) is 11.3. The van der Waals surface area contributed by atoms with E-state index in [4.69, 9.17) is 15.1 Å². The number of aromatic carboxylic acids is 1. The Kier molecular flexibility index (Phi) is 8.04. The van der Waals surface area contributed by atoms with Gasteiger partial charge in [0.2, 0.25) is 5.88 Å². The third-order valence-electron chi connectivity index (χ3n) is 7.53. The van der Waals surface area contributed by atoms with E-state index in [0.29, 0.717) is 24.4 Å². The number of carboxylic acids is 1. The number of nitrogens with zero attached hydrogens (tertiary/aromatic N) is 8. The third kappa shape index (κ3) is 6.06. The van der Waals surface area contributed by atoms with Crippen molar-refractivity contribution in [1.29, 1.82) is 5.26 Å². The molecule has 0 aliphatic carbocycles. The number of carboxylic acid groups (broad SMARTS) is 1. The smallest absolute Gasteiger partial charge is 0.347 e. The largest absolute Gasteiger partial charge is 0.477 e. The van der Waals surface area contributed by atoms with Crippen LogP contribution in [0.4, 0.5) is 10.2 Å². The summed E-state index contributed by atoms with van der Waals surface area (Å²) < 4.78 is 23.8. The SMILES string of the molecule is CCn1cncc1Cc1c(CN2CCN(c3cccc(OCc4ccc(C#N)cc4F)n3)CC2)nn2cc(C(=O)O)sc12. The molecule has 1 aromatic carbocycles. The molecule has 4 aromatic heterocycles. The lowest BCUT2D eigenvalue weighted by atomic mass is 10.1. The predicted molar refractivity (Wildman–Crippen MR) is 158 cm³/mol. The number of hydrogen-bond donors (Lipinski definition) is 1. The molecule has 0 bridgehead atoms. The van der Waals surface area contributed by atoms with Gasteiger partial charge in [0, 0.05) is 74.8 Å².